The van der Waals surface area contributed by atoms with Crippen LogP contribution >= 0.6 is 11.8 Å². The van der Waals surface area contributed by atoms with Crippen LogP contribution in [0.1, 0.15) is 25.8 Å². The zero-order valence-corrected chi connectivity index (χ0v) is 19.8. The summed E-state index contributed by atoms with van der Waals surface area (Å²) in [5, 5.41) is 3.19. The van der Waals surface area contributed by atoms with E-state index in [0.29, 0.717) is 16.6 Å². The van der Waals surface area contributed by atoms with Crippen LogP contribution in [0.15, 0.2) is 59.2 Å². The molecule has 180 valence electrons. The number of halogens is 2. The van der Waals surface area contributed by atoms with Gasteiger partial charge in [0.15, 0.2) is 5.17 Å². The van der Waals surface area contributed by atoms with Gasteiger partial charge in [0.1, 0.15) is 17.2 Å². The van der Waals surface area contributed by atoms with E-state index >= 15 is 0 Å². The predicted octanol–water partition coefficient (Wildman–Crippen LogP) is 4.69. The highest BCUT2D eigenvalue weighted by Gasteiger charge is 2.32. The molecule has 0 bridgehead atoms. The fourth-order valence-electron chi connectivity index (χ4n) is 3.00. The van der Waals surface area contributed by atoms with Crippen molar-refractivity contribution in [3.8, 4) is 11.5 Å². The second kappa shape index (κ2) is 11.6. The first-order valence-electron chi connectivity index (χ1n) is 10.6. The van der Waals surface area contributed by atoms with E-state index in [1.165, 1.54) is 29.2 Å². The van der Waals surface area contributed by atoms with E-state index < -0.39 is 12.5 Å². The maximum Gasteiger partial charge on any atom is 0.387 e. The Labute approximate surface area is 200 Å². The first-order chi connectivity index (χ1) is 16.3. The normalized spacial score (nSPS) is 15.5. The number of anilines is 1. The minimum absolute atomic E-state index is 0.0292. The highest BCUT2D eigenvalue weighted by Crippen LogP contribution is 2.31. The summed E-state index contributed by atoms with van der Waals surface area (Å²) in [6.07, 6.45) is 2.43. The van der Waals surface area contributed by atoms with Crippen LogP contribution in [0.2, 0.25) is 0 Å². The molecule has 2 aromatic carbocycles. The zero-order chi connectivity index (χ0) is 24.7. The van der Waals surface area contributed by atoms with Crippen LogP contribution in [0, 0.1) is 0 Å². The Morgan fingerprint density at radius 1 is 1.15 bits per heavy atom. The van der Waals surface area contributed by atoms with Gasteiger partial charge in [-0.05, 0) is 61.4 Å². The van der Waals surface area contributed by atoms with E-state index in [9.17, 15) is 18.4 Å². The number of carbonyl (C=O) groups is 2. The number of nitrogens with one attached hydrogen (secondary N) is 1. The lowest BCUT2D eigenvalue weighted by Crippen LogP contribution is -2.35. The Bertz CT molecular complexity index is 1070. The monoisotopic (exact) mass is 489 g/mol. The van der Waals surface area contributed by atoms with Gasteiger partial charge in [0.2, 0.25) is 5.91 Å². The van der Waals surface area contributed by atoms with E-state index in [1.54, 1.807) is 37.5 Å². The molecule has 3 rings (SSSR count). The smallest absolute Gasteiger partial charge is 0.387 e. The van der Waals surface area contributed by atoms with Crippen molar-refractivity contribution in [3.63, 3.8) is 0 Å². The van der Waals surface area contributed by atoms with Crippen molar-refractivity contribution in [2.24, 2.45) is 4.99 Å². The molecule has 0 radical (unpaired) electrons. The van der Waals surface area contributed by atoms with Gasteiger partial charge in [-0.15, -0.1) is 0 Å². The summed E-state index contributed by atoms with van der Waals surface area (Å²) < 4.78 is 34.5. The second-order valence-corrected chi connectivity index (χ2v) is 8.32. The van der Waals surface area contributed by atoms with E-state index in [1.807, 2.05) is 13.8 Å². The van der Waals surface area contributed by atoms with Gasteiger partial charge in [-0.3, -0.25) is 14.5 Å². The summed E-state index contributed by atoms with van der Waals surface area (Å²) in [7, 11) is 1.56. The number of rotatable bonds is 9. The molecule has 0 saturated carbocycles. The molecule has 0 saturated heterocycles. The Balaban J connectivity index is 1.86. The number of amidine groups is 1. The zero-order valence-electron chi connectivity index (χ0n) is 19.0. The van der Waals surface area contributed by atoms with Gasteiger partial charge in [0.25, 0.3) is 5.91 Å². The maximum atomic E-state index is 13.2. The quantitative estimate of drug-likeness (QED) is 0.517. The first-order valence-corrected chi connectivity index (χ1v) is 11.5. The van der Waals surface area contributed by atoms with Gasteiger partial charge in [0.05, 0.1) is 18.6 Å². The molecule has 2 amide bonds. The van der Waals surface area contributed by atoms with Crippen molar-refractivity contribution < 1.29 is 27.8 Å². The second-order valence-electron chi connectivity index (χ2n) is 7.38. The summed E-state index contributed by atoms with van der Waals surface area (Å²) in [6.45, 7) is 0.927. The Morgan fingerprint density at radius 2 is 1.79 bits per heavy atom. The molecule has 1 atom stereocenters. The predicted molar refractivity (Wildman–Crippen MR) is 129 cm³/mol. The number of ether oxygens (including phenoxy) is 2. The number of hydrogen-bond acceptors (Lipinski definition) is 6. The average molecular weight is 490 g/mol. The fraction of sp³-hybridized carbons (Fsp3) is 0.292. The topological polar surface area (TPSA) is 80.2 Å². The van der Waals surface area contributed by atoms with Crippen LogP contribution in [0.3, 0.4) is 0 Å². The molecule has 1 aliphatic heterocycles. The van der Waals surface area contributed by atoms with Gasteiger partial charge in [-0.2, -0.15) is 8.78 Å². The molecular weight excluding hydrogens is 464 g/mol. The Kier molecular flexibility index (Phi) is 8.64. The molecule has 1 aliphatic rings. The maximum absolute atomic E-state index is 13.2. The average Bonchev–Trinajstić information content (AvgIpc) is 3.13. The van der Waals surface area contributed by atoms with Crippen LogP contribution in [0.5, 0.6) is 11.5 Å². The van der Waals surface area contributed by atoms with Crippen molar-refractivity contribution in [3.05, 3.63) is 59.8 Å². The fourth-order valence-corrected chi connectivity index (χ4v) is 3.83. The van der Waals surface area contributed by atoms with Gasteiger partial charge in [-0.25, -0.2) is 4.99 Å². The van der Waals surface area contributed by atoms with Gasteiger partial charge in [-0.1, -0.05) is 30.8 Å². The van der Waals surface area contributed by atoms with Crippen molar-refractivity contribution in [1.82, 2.24) is 5.32 Å². The van der Waals surface area contributed by atoms with Crippen molar-refractivity contribution in [2.45, 2.75) is 32.9 Å². The first kappa shape index (κ1) is 25.2. The number of hydrogen-bond donors (Lipinski definition) is 1. The molecule has 10 heteroatoms. The van der Waals surface area contributed by atoms with E-state index in [4.69, 9.17) is 4.74 Å². The number of aliphatic imine (C=N–C) groups is 1. The molecule has 1 heterocycles. The lowest BCUT2D eigenvalue weighted by atomic mass is 10.2. The number of methoxy groups -OCH3 is 1. The number of amides is 2. The summed E-state index contributed by atoms with van der Waals surface area (Å²) in [5.74, 6) is 0.138. The number of nitrogens with zero attached hydrogens (tertiary/aromatic N) is 2. The number of carbonyl (C=O) groups excluding carboxylic acids is 2. The minimum Gasteiger partial charge on any atom is -0.497 e. The molecule has 2 aromatic rings. The number of thioether (sulfide) groups is 1. The van der Waals surface area contributed by atoms with E-state index in [2.05, 4.69) is 15.0 Å². The highest BCUT2D eigenvalue weighted by molar-refractivity contribution is 8.14. The molecule has 1 N–H and O–H groups in total. The third-order valence-corrected chi connectivity index (χ3v) is 5.86. The van der Waals surface area contributed by atoms with E-state index in [-0.39, 0.29) is 29.1 Å². The van der Waals surface area contributed by atoms with E-state index in [0.717, 1.165) is 23.7 Å². The Morgan fingerprint density at radius 3 is 2.38 bits per heavy atom. The standard InChI is InChI=1S/C24H25F2N3O4S/c1-4-15(2)27-21(30)14-34-24-28-20(13-16-5-9-18(32-3)10-6-16)22(31)29(24)17-7-11-19(12-8-17)33-23(25)26/h5-13,15,23H,4,14H2,1-3H3,(H,27,30)/b20-13-. The van der Waals surface area contributed by atoms with Crippen LogP contribution in [0.4, 0.5) is 14.5 Å². The summed E-state index contributed by atoms with van der Waals surface area (Å²) in [5.41, 5.74) is 1.34. The molecule has 0 aliphatic carbocycles. The number of benzene rings is 2. The van der Waals surface area contributed by atoms with Crippen molar-refractivity contribution >= 4 is 40.5 Å². The van der Waals surface area contributed by atoms with Gasteiger partial charge in [0, 0.05) is 6.04 Å². The van der Waals surface area contributed by atoms with Gasteiger partial charge >= 0.3 is 6.61 Å². The van der Waals surface area contributed by atoms with Crippen LogP contribution in [0.25, 0.3) is 6.08 Å². The number of alkyl halides is 2. The molecule has 34 heavy (non-hydrogen) atoms. The largest absolute Gasteiger partial charge is 0.497 e. The van der Waals surface area contributed by atoms with Crippen LogP contribution in [-0.4, -0.2) is 42.5 Å². The lowest BCUT2D eigenvalue weighted by molar-refractivity contribution is -0.119. The van der Waals surface area contributed by atoms with Crippen molar-refractivity contribution in [1.29, 1.82) is 0 Å². The molecular formula is C24H25F2N3O4S. The minimum atomic E-state index is -2.95. The van der Waals surface area contributed by atoms with Gasteiger partial charge < -0.3 is 14.8 Å². The molecule has 7 nitrogen and oxygen atoms in total. The van der Waals surface area contributed by atoms with Crippen LogP contribution < -0.4 is 19.7 Å². The highest BCUT2D eigenvalue weighted by atomic mass is 32.2. The molecule has 0 fully saturated rings. The summed E-state index contributed by atoms with van der Waals surface area (Å²) >= 11 is 1.12. The van der Waals surface area contributed by atoms with Crippen LogP contribution in [-0.2, 0) is 9.59 Å². The SMILES string of the molecule is CCC(C)NC(=O)CSC1=N/C(=C\c2ccc(OC)cc2)C(=O)N1c1ccc(OC(F)F)cc1. The Hall–Kier alpha value is -3.40. The lowest BCUT2D eigenvalue weighted by Gasteiger charge is -2.18. The summed E-state index contributed by atoms with van der Waals surface area (Å²) in [6, 6.07) is 12.8. The third-order valence-electron chi connectivity index (χ3n) is 4.92. The summed E-state index contributed by atoms with van der Waals surface area (Å²) in [4.78, 5) is 31.3. The van der Waals surface area contributed by atoms with Crippen molar-refractivity contribution in [2.75, 3.05) is 17.8 Å². The molecule has 0 aromatic heterocycles. The third kappa shape index (κ3) is 6.57. The molecule has 1 unspecified atom stereocenters. The molecule has 0 spiro atoms.